The smallest absolute Gasteiger partial charge is 0.0576 e. The molecule has 1 unspecified atom stereocenters. The molecule has 0 aliphatic carbocycles. The van der Waals surface area contributed by atoms with Crippen molar-refractivity contribution in [3.8, 4) is 0 Å². The van der Waals surface area contributed by atoms with Gasteiger partial charge in [0.25, 0.3) is 0 Å². The summed E-state index contributed by atoms with van der Waals surface area (Å²) in [5, 5.41) is 3.45. The van der Waals surface area contributed by atoms with Crippen molar-refractivity contribution in [3.05, 3.63) is 70.3 Å². The maximum absolute atomic E-state index is 3.45. The van der Waals surface area contributed by atoms with Gasteiger partial charge in [0.1, 0.15) is 0 Å². The molecule has 1 N–H and O–H groups in total. The van der Waals surface area contributed by atoms with Gasteiger partial charge in [0.15, 0.2) is 0 Å². The molecule has 20 heavy (non-hydrogen) atoms. The first-order valence-electron chi connectivity index (χ1n) is 7.49. The molecule has 0 saturated carbocycles. The standard InChI is InChI=1S/C19H25N/c1-5-6-16-8-10-17(11-9-16)19(20-4)18-12-7-14(2)13-15(18)3/h7-13,19-20H,5-6H2,1-4H3. The highest BCUT2D eigenvalue weighted by atomic mass is 14.9. The highest BCUT2D eigenvalue weighted by molar-refractivity contribution is 5.39. The SMILES string of the molecule is CCCc1ccc(C(NC)c2ccc(C)cc2C)cc1. The van der Waals surface area contributed by atoms with E-state index in [1.807, 2.05) is 7.05 Å². The van der Waals surface area contributed by atoms with Gasteiger partial charge in [-0.3, -0.25) is 0 Å². The maximum Gasteiger partial charge on any atom is 0.0576 e. The molecular weight excluding hydrogens is 242 g/mol. The van der Waals surface area contributed by atoms with Gasteiger partial charge in [0, 0.05) is 0 Å². The zero-order valence-corrected chi connectivity index (χ0v) is 13.0. The molecule has 0 saturated heterocycles. The molecule has 0 bridgehead atoms. The van der Waals surface area contributed by atoms with Crippen molar-refractivity contribution in [1.29, 1.82) is 0 Å². The molecule has 2 aromatic rings. The fourth-order valence-electron chi connectivity index (χ4n) is 2.82. The average Bonchev–Trinajstić information content (AvgIpc) is 2.44. The van der Waals surface area contributed by atoms with Crippen LogP contribution in [0.2, 0.25) is 0 Å². The summed E-state index contributed by atoms with van der Waals surface area (Å²) in [5.74, 6) is 0. The Balaban J connectivity index is 2.31. The summed E-state index contributed by atoms with van der Waals surface area (Å²) in [7, 11) is 2.03. The van der Waals surface area contributed by atoms with Crippen molar-refractivity contribution in [2.24, 2.45) is 0 Å². The van der Waals surface area contributed by atoms with Crippen LogP contribution in [0.15, 0.2) is 42.5 Å². The molecule has 1 nitrogen and oxygen atoms in total. The van der Waals surface area contributed by atoms with Gasteiger partial charge >= 0.3 is 0 Å². The van der Waals surface area contributed by atoms with Crippen molar-refractivity contribution in [3.63, 3.8) is 0 Å². The van der Waals surface area contributed by atoms with E-state index in [0.29, 0.717) is 0 Å². The van der Waals surface area contributed by atoms with E-state index in [0.717, 1.165) is 6.42 Å². The Hall–Kier alpha value is -1.60. The number of aryl methyl sites for hydroxylation is 3. The predicted molar refractivity (Wildman–Crippen MR) is 87.3 cm³/mol. The second kappa shape index (κ2) is 6.71. The zero-order chi connectivity index (χ0) is 14.5. The first-order chi connectivity index (χ1) is 9.65. The van der Waals surface area contributed by atoms with Crippen LogP contribution in [-0.2, 0) is 6.42 Å². The van der Waals surface area contributed by atoms with Gasteiger partial charge in [0.05, 0.1) is 6.04 Å². The van der Waals surface area contributed by atoms with Crippen LogP contribution in [0, 0.1) is 13.8 Å². The molecular formula is C19H25N. The Morgan fingerprint density at radius 2 is 1.70 bits per heavy atom. The van der Waals surface area contributed by atoms with Crippen LogP contribution in [0.3, 0.4) is 0 Å². The lowest BCUT2D eigenvalue weighted by Crippen LogP contribution is -2.18. The van der Waals surface area contributed by atoms with Gasteiger partial charge in [-0.15, -0.1) is 0 Å². The van der Waals surface area contributed by atoms with Crippen molar-refractivity contribution in [1.82, 2.24) is 5.32 Å². The molecule has 0 heterocycles. The lowest BCUT2D eigenvalue weighted by molar-refractivity contribution is 0.687. The van der Waals surface area contributed by atoms with Crippen molar-refractivity contribution in [2.45, 2.75) is 39.7 Å². The summed E-state index contributed by atoms with van der Waals surface area (Å²) in [6.45, 7) is 6.56. The van der Waals surface area contributed by atoms with Gasteiger partial charge in [0.2, 0.25) is 0 Å². The van der Waals surface area contributed by atoms with Gasteiger partial charge in [-0.25, -0.2) is 0 Å². The lowest BCUT2D eigenvalue weighted by Gasteiger charge is -2.20. The minimum Gasteiger partial charge on any atom is -0.309 e. The third-order valence-corrected chi connectivity index (χ3v) is 3.88. The fraction of sp³-hybridized carbons (Fsp3) is 0.368. The van der Waals surface area contributed by atoms with Gasteiger partial charge in [-0.1, -0.05) is 61.4 Å². The first kappa shape index (κ1) is 14.8. The van der Waals surface area contributed by atoms with Gasteiger partial charge in [-0.2, -0.15) is 0 Å². The molecule has 0 aliphatic heterocycles. The van der Waals surface area contributed by atoms with Gasteiger partial charge < -0.3 is 5.32 Å². The summed E-state index contributed by atoms with van der Waals surface area (Å²) >= 11 is 0. The number of benzene rings is 2. The van der Waals surface area contributed by atoms with Gasteiger partial charge in [-0.05, 0) is 49.6 Å². The molecule has 0 aliphatic rings. The summed E-state index contributed by atoms with van der Waals surface area (Å²) in [6.07, 6.45) is 2.36. The van der Waals surface area contributed by atoms with E-state index < -0.39 is 0 Å². The Morgan fingerprint density at radius 3 is 2.25 bits per heavy atom. The Bertz CT molecular complexity index is 554. The Morgan fingerprint density at radius 1 is 1.00 bits per heavy atom. The van der Waals surface area contributed by atoms with E-state index in [1.165, 1.54) is 34.2 Å². The second-order valence-electron chi connectivity index (χ2n) is 5.57. The number of hydrogen-bond acceptors (Lipinski definition) is 1. The summed E-state index contributed by atoms with van der Waals surface area (Å²) in [5.41, 5.74) is 6.79. The first-order valence-corrected chi connectivity index (χ1v) is 7.49. The van der Waals surface area contributed by atoms with Crippen LogP contribution >= 0.6 is 0 Å². The normalized spacial score (nSPS) is 12.4. The third-order valence-electron chi connectivity index (χ3n) is 3.88. The monoisotopic (exact) mass is 267 g/mol. The molecule has 1 heteroatoms. The van der Waals surface area contributed by atoms with Crippen LogP contribution in [0.1, 0.15) is 47.2 Å². The Labute approximate surface area is 123 Å². The number of nitrogens with one attached hydrogen (secondary N) is 1. The molecule has 0 amide bonds. The predicted octanol–water partition coefficient (Wildman–Crippen LogP) is 4.56. The molecule has 1 atom stereocenters. The Kier molecular flexibility index (Phi) is 4.97. The van der Waals surface area contributed by atoms with E-state index in [2.05, 4.69) is 68.6 Å². The summed E-state index contributed by atoms with van der Waals surface area (Å²) in [6, 6.07) is 16.0. The number of hydrogen-bond donors (Lipinski definition) is 1. The second-order valence-corrected chi connectivity index (χ2v) is 5.57. The van der Waals surface area contributed by atoms with E-state index in [9.17, 15) is 0 Å². The average molecular weight is 267 g/mol. The molecule has 2 rings (SSSR count). The molecule has 0 fully saturated rings. The molecule has 106 valence electrons. The topological polar surface area (TPSA) is 12.0 Å². The molecule has 0 spiro atoms. The van der Waals surface area contributed by atoms with Crippen LogP contribution in [0.25, 0.3) is 0 Å². The van der Waals surface area contributed by atoms with Crippen molar-refractivity contribution >= 4 is 0 Å². The number of rotatable bonds is 5. The fourth-order valence-corrected chi connectivity index (χ4v) is 2.82. The van der Waals surface area contributed by atoms with Crippen LogP contribution in [0.5, 0.6) is 0 Å². The minimum atomic E-state index is 0.270. The highest BCUT2D eigenvalue weighted by Crippen LogP contribution is 2.25. The summed E-state index contributed by atoms with van der Waals surface area (Å²) < 4.78 is 0. The van der Waals surface area contributed by atoms with E-state index in [-0.39, 0.29) is 6.04 Å². The van der Waals surface area contributed by atoms with Crippen LogP contribution < -0.4 is 5.32 Å². The minimum absolute atomic E-state index is 0.270. The largest absolute Gasteiger partial charge is 0.309 e. The molecule has 2 aromatic carbocycles. The zero-order valence-electron chi connectivity index (χ0n) is 13.0. The third kappa shape index (κ3) is 3.29. The molecule has 0 radical (unpaired) electrons. The molecule has 0 aromatic heterocycles. The van der Waals surface area contributed by atoms with E-state index >= 15 is 0 Å². The van der Waals surface area contributed by atoms with Crippen LogP contribution in [-0.4, -0.2) is 7.05 Å². The highest BCUT2D eigenvalue weighted by Gasteiger charge is 2.13. The van der Waals surface area contributed by atoms with Crippen molar-refractivity contribution < 1.29 is 0 Å². The van der Waals surface area contributed by atoms with Crippen molar-refractivity contribution in [2.75, 3.05) is 7.05 Å². The summed E-state index contributed by atoms with van der Waals surface area (Å²) in [4.78, 5) is 0. The maximum atomic E-state index is 3.45. The lowest BCUT2D eigenvalue weighted by atomic mass is 9.93. The van der Waals surface area contributed by atoms with E-state index in [1.54, 1.807) is 0 Å². The quantitative estimate of drug-likeness (QED) is 0.837. The van der Waals surface area contributed by atoms with E-state index in [4.69, 9.17) is 0 Å². The van der Waals surface area contributed by atoms with Crippen LogP contribution in [0.4, 0.5) is 0 Å².